The summed E-state index contributed by atoms with van der Waals surface area (Å²) in [6.07, 6.45) is 5.24. The molecule has 198 valence electrons. The van der Waals surface area contributed by atoms with Crippen molar-refractivity contribution in [2.75, 3.05) is 7.05 Å². The second kappa shape index (κ2) is 12.2. The number of benzene rings is 1. The van der Waals surface area contributed by atoms with Crippen LogP contribution in [0.4, 0.5) is 4.79 Å². The highest BCUT2D eigenvalue weighted by atomic mass is 35.5. The van der Waals surface area contributed by atoms with Crippen LogP contribution in [0, 0.1) is 5.92 Å². The lowest BCUT2D eigenvalue weighted by atomic mass is 9.74. The van der Waals surface area contributed by atoms with Gasteiger partial charge in [0.2, 0.25) is 0 Å². The average molecular weight is 531 g/mol. The Bertz CT molecular complexity index is 1170. The molecule has 1 heterocycles. The third-order valence-corrected chi connectivity index (χ3v) is 7.37. The number of ether oxygens (including phenoxy) is 1. The number of carbonyl (C=O) groups is 4. The van der Waals surface area contributed by atoms with Crippen LogP contribution in [0.15, 0.2) is 48.8 Å². The van der Waals surface area contributed by atoms with Crippen molar-refractivity contribution in [1.29, 1.82) is 0 Å². The summed E-state index contributed by atoms with van der Waals surface area (Å²) in [4.78, 5) is 51.9. The van der Waals surface area contributed by atoms with Gasteiger partial charge in [-0.2, -0.15) is 4.57 Å². The summed E-state index contributed by atoms with van der Waals surface area (Å²) in [7, 11) is 1.53. The Morgan fingerprint density at radius 1 is 1.22 bits per heavy atom. The first-order valence-electron chi connectivity index (χ1n) is 12.3. The molecule has 1 aromatic heterocycles. The van der Waals surface area contributed by atoms with Crippen LogP contribution in [0.2, 0.25) is 5.02 Å². The van der Waals surface area contributed by atoms with Gasteiger partial charge >= 0.3 is 12.1 Å². The summed E-state index contributed by atoms with van der Waals surface area (Å²) < 4.78 is 7.01. The number of hydrogen-bond acceptors (Lipinski definition) is 5. The summed E-state index contributed by atoms with van der Waals surface area (Å²) in [5.74, 6) is -1.99. The van der Waals surface area contributed by atoms with Gasteiger partial charge in [0.05, 0.1) is 0 Å². The predicted octanol–water partition coefficient (Wildman–Crippen LogP) is 3.92. The van der Waals surface area contributed by atoms with E-state index < -0.39 is 29.6 Å². The van der Waals surface area contributed by atoms with E-state index in [0.717, 1.165) is 12.8 Å². The molecule has 1 aromatic carbocycles. The van der Waals surface area contributed by atoms with Crippen molar-refractivity contribution in [2.45, 2.75) is 64.3 Å². The maximum Gasteiger partial charge on any atom is 0.415 e. The van der Waals surface area contributed by atoms with Gasteiger partial charge in [-0.3, -0.25) is 14.5 Å². The molecule has 37 heavy (non-hydrogen) atoms. The van der Waals surface area contributed by atoms with Crippen LogP contribution in [0.1, 0.15) is 61.9 Å². The zero-order chi connectivity index (χ0) is 27.2. The molecule has 0 radical (unpaired) electrons. The molecule has 0 saturated heterocycles. The number of carboxylic acids is 1. The number of pyridine rings is 1. The smallest absolute Gasteiger partial charge is 0.415 e. The molecule has 2 amide bonds. The summed E-state index contributed by atoms with van der Waals surface area (Å²) in [5, 5.41) is 12.4. The maximum absolute atomic E-state index is 13.2. The third-order valence-electron chi connectivity index (χ3n) is 7.04. The zero-order valence-corrected chi connectivity index (χ0v) is 22.0. The van der Waals surface area contributed by atoms with Gasteiger partial charge in [-0.1, -0.05) is 50.1 Å². The average Bonchev–Trinajstić information content (AvgIpc) is 2.90. The number of likely N-dealkylation sites (N-methyl/N-ethyl adjacent to an activating group) is 1. The molecule has 3 atom stereocenters. The van der Waals surface area contributed by atoms with Crippen molar-refractivity contribution >= 4 is 35.4 Å². The molecule has 0 spiro atoms. The van der Waals surface area contributed by atoms with Crippen LogP contribution < -0.4 is 9.88 Å². The summed E-state index contributed by atoms with van der Waals surface area (Å²) >= 11 is 6.46. The van der Waals surface area contributed by atoms with E-state index in [4.69, 9.17) is 16.3 Å². The minimum atomic E-state index is -1.22. The number of aromatic nitrogens is 1. The fourth-order valence-corrected chi connectivity index (χ4v) is 4.95. The van der Waals surface area contributed by atoms with Gasteiger partial charge in [0.15, 0.2) is 18.2 Å². The van der Waals surface area contributed by atoms with Crippen LogP contribution in [0.3, 0.4) is 0 Å². The lowest BCUT2D eigenvalue weighted by Gasteiger charge is -2.43. The number of nitrogens with one attached hydrogen (secondary N) is 1. The topological polar surface area (TPSA) is 117 Å². The Morgan fingerprint density at radius 2 is 1.95 bits per heavy atom. The van der Waals surface area contributed by atoms with E-state index in [1.807, 2.05) is 6.92 Å². The fourth-order valence-electron chi connectivity index (χ4n) is 4.66. The third kappa shape index (κ3) is 6.10. The number of carbonyl (C=O) groups excluding carboxylic acids is 3. The Hall–Kier alpha value is -3.46. The van der Waals surface area contributed by atoms with Gasteiger partial charge < -0.3 is 15.2 Å². The highest BCUT2D eigenvalue weighted by molar-refractivity contribution is 6.31. The highest BCUT2D eigenvalue weighted by Gasteiger charge is 2.48. The van der Waals surface area contributed by atoms with E-state index in [0.29, 0.717) is 29.8 Å². The second-order valence-electron chi connectivity index (χ2n) is 9.35. The number of amides is 2. The highest BCUT2D eigenvalue weighted by Crippen LogP contribution is 2.42. The monoisotopic (exact) mass is 530 g/mol. The number of Topliss-reactive ketones (excluding diaryl/α,β-unsaturated/α-hetero) is 1. The van der Waals surface area contributed by atoms with Crippen LogP contribution in [0.25, 0.3) is 0 Å². The van der Waals surface area contributed by atoms with Gasteiger partial charge in [-0.25, -0.2) is 9.59 Å². The molecular weight excluding hydrogens is 498 g/mol. The quantitative estimate of drug-likeness (QED) is 0.475. The first kappa shape index (κ1) is 28.1. The summed E-state index contributed by atoms with van der Waals surface area (Å²) in [6, 6.07) is 9.13. The van der Waals surface area contributed by atoms with Gasteiger partial charge in [0.25, 0.3) is 12.6 Å². The van der Waals surface area contributed by atoms with Gasteiger partial charge in [0.1, 0.15) is 17.1 Å². The first-order chi connectivity index (χ1) is 17.6. The normalized spacial score (nSPS) is 19.0. The lowest BCUT2D eigenvalue weighted by Crippen LogP contribution is -2.55. The Kier molecular flexibility index (Phi) is 9.26. The second-order valence-corrected chi connectivity index (χ2v) is 9.76. The van der Waals surface area contributed by atoms with Crippen LogP contribution in [-0.2, 0) is 26.6 Å². The van der Waals surface area contributed by atoms with Gasteiger partial charge in [-0.05, 0) is 37.3 Å². The van der Waals surface area contributed by atoms with Gasteiger partial charge in [-0.15, -0.1) is 0 Å². The SMILES string of the molecule is CC[C@H](C)[C@H](NC(=O)c1ccc[n+](COC(=O)N(C)C2(c3ccccc3Cl)CCCCC2=O)c1)C(=O)O. The van der Waals surface area contributed by atoms with Crippen molar-refractivity contribution in [3.05, 3.63) is 64.9 Å². The lowest BCUT2D eigenvalue weighted by molar-refractivity contribution is -0.727. The zero-order valence-electron chi connectivity index (χ0n) is 21.3. The molecule has 9 nitrogen and oxygen atoms in total. The van der Waals surface area contributed by atoms with Crippen molar-refractivity contribution in [3.63, 3.8) is 0 Å². The number of aliphatic carboxylic acids is 1. The van der Waals surface area contributed by atoms with E-state index in [1.54, 1.807) is 49.5 Å². The molecule has 0 bridgehead atoms. The standard InChI is InChI=1S/C27H32ClN3O6/c1-4-18(2)23(25(34)35)29-24(33)19-10-9-15-31(16-19)17-37-26(36)30(3)27(14-8-7-13-22(27)32)20-11-5-6-12-21(20)28/h5-6,9-12,15-16,18,23H,4,7-8,13-14,17H2,1-3H3,(H-,29,33,34,35)/p+1/t18-,23-,27?/m0/s1. The Labute approximate surface area is 221 Å². The number of ketones is 1. The summed E-state index contributed by atoms with van der Waals surface area (Å²) in [5.41, 5.74) is -0.431. The molecule has 3 rings (SSSR count). The minimum Gasteiger partial charge on any atom is -0.480 e. The first-order valence-corrected chi connectivity index (χ1v) is 12.7. The molecule has 1 fully saturated rings. The van der Waals surface area contributed by atoms with Crippen molar-refractivity contribution in [1.82, 2.24) is 10.2 Å². The Morgan fingerprint density at radius 3 is 2.59 bits per heavy atom. The molecule has 0 aliphatic heterocycles. The predicted molar refractivity (Wildman–Crippen MR) is 136 cm³/mol. The Balaban J connectivity index is 1.75. The van der Waals surface area contributed by atoms with Crippen molar-refractivity contribution in [2.24, 2.45) is 5.92 Å². The van der Waals surface area contributed by atoms with Crippen LogP contribution in [-0.4, -0.2) is 46.8 Å². The maximum atomic E-state index is 13.2. The molecule has 1 saturated carbocycles. The van der Waals surface area contributed by atoms with E-state index in [-0.39, 0.29) is 24.0 Å². The van der Waals surface area contributed by atoms with E-state index in [2.05, 4.69) is 5.32 Å². The molecule has 2 N–H and O–H groups in total. The minimum absolute atomic E-state index is 0.0908. The number of hydrogen-bond donors (Lipinski definition) is 2. The van der Waals surface area contributed by atoms with E-state index in [9.17, 15) is 24.3 Å². The van der Waals surface area contributed by atoms with E-state index in [1.165, 1.54) is 22.7 Å². The van der Waals surface area contributed by atoms with Crippen molar-refractivity contribution in [3.8, 4) is 0 Å². The van der Waals surface area contributed by atoms with E-state index >= 15 is 0 Å². The van der Waals surface area contributed by atoms with Gasteiger partial charge in [0, 0.05) is 30.1 Å². The van der Waals surface area contributed by atoms with Crippen LogP contribution in [0.5, 0.6) is 0 Å². The fraction of sp³-hybridized carbons (Fsp3) is 0.444. The van der Waals surface area contributed by atoms with Crippen molar-refractivity contribution < 1.29 is 33.6 Å². The molecule has 10 heteroatoms. The molecule has 2 aromatic rings. The number of carboxylic acid groups (broad SMARTS) is 1. The number of rotatable bonds is 9. The molecule has 1 unspecified atom stereocenters. The molecule has 1 aliphatic rings. The van der Waals surface area contributed by atoms with Crippen LogP contribution >= 0.6 is 11.6 Å². The largest absolute Gasteiger partial charge is 0.480 e. The molecule has 1 aliphatic carbocycles. The summed E-state index contributed by atoms with van der Waals surface area (Å²) in [6.45, 7) is 3.39. The number of halogens is 1. The number of nitrogens with zero attached hydrogens (tertiary/aromatic N) is 2. The molecular formula is C27H33ClN3O6+.